The quantitative estimate of drug-likeness (QED) is 0.852. The minimum atomic E-state index is -0.255. The number of pyridine rings is 1. The van der Waals surface area contributed by atoms with Gasteiger partial charge in [0.05, 0.1) is 0 Å². The molecule has 0 aliphatic heterocycles. The zero-order chi connectivity index (χ0) is 15.2. The number of halogens is 2. The van der Waals surface area contributed by atoms with Crippen molar-refractivity contribution >= 4 is 11.6 Å². The summed E-state index contributed by atoms with van der Waals surface area (Å²) in [5.74, 6) is -0.255. The van der Waals surface area contributed by atoms with E-state index in [9.17, 15) is 4.39 Å². The van der Waals surface area contributed by atoms with Crippen LogP contribution in [0.3, 0.4) is 0 Å². The van der Waals surface area contributed by atoms with Crippen LogP contribution in [0.5, 0.6) is 0 Å². The third-order valence-electron chi connectivity index (χ3n) is 3.51. The Labute approximate surface area is 130 Å². The van der Waals surface area contributed by atoms with Crippen LogP contribution >= 0.6 is 11.6 Å². The van der Waals surface area contributed by atoms with Gasteiger partial charge in [0.25, 0.3) is 0 Å². The number of nitrogens with zero attached hydrogens (tertiary/aromatic N) is 1. The lowest BCUT2D eigenvalue weighted by Crippen LogP contribution is -2.25. The van der Waals surface area contributed by atoms with Crippen LogP contribution in [0, 0.1) is 12.7 Å². The first-order chi connectivity index (χ1) is 10.1. The molecule has 0 spiro atoms. The van der Waals surface area contributed by atoms with Crippen LogP contribution in [0.15, 0.2) is 36.7 Å². The Hall–Kier alpha value is -1.45. The second kappa shape index (κ2) is 7.53. The summed E-state index contributed by atoms with van der Waals surface area (Å²) in [5.41, 5.74) is 3.12. The molecule has 1 unspecified atom stereocenters. The second-order valence-corrected chi connectivity index (χ2v) is 5.59. The van der Waals surface area contributed by atoms with E-state index in [1.807, 2.05) is 19.2 Å². The summed E-state index contributed by atoms with van der Waals surface area (Å²) in [7, 11) is 0. The van der Waals surface area contributed by atoms with Gasteiger partial charge in [-0.25, -0.2) is 4.39 Å². The van der Waals surface area contributed by atoms with Gasteiger partial charge in [-0.2, -0.15) is 0 Å². The predicted octanol–water partition coefficient (Wildman–Crippen LogP) is 4.47. The van der Waals surface area contributed by atoms with E-state index >= 15 is 0 Å². The van der Waals surface area contributed by atoms with Crippen LogP contribution in [0.4, 0.5) is 4.39 Å². The molecule has 2 nitrogen and oxygen atoms in total. The molecule has 21 heavy (non-hydrogen) atoms. The van der Waals surface area contributed by atoms with Crippen molar-refractivity contribution in [2.75, 3.05) is 6.54 Å². The first-order valence-electron chi connectivity index (χ1n) is 7.19. The molecule has 0 aliphatic carbocycles. The Morgan fingerprint density at radius 3 is 2.86 bits per heavy atom. The SMILES string of the molecule is CCCNC(Cc1cc(F)ccc1Cl)c1ccncc1C. The first kappa shape index (κ1) is 15.9. The monoisotopic (exact) mass is 306 g/mol. The standard InChI is InChI=1S/C17H20ClFN2/c1-3-7-21-17(15-6-8-20-11-12(15)2)10-13-9-14(19)4-5-16(13)18/h4-6,8-9,11,17,21H,3,7,10H2,1-2H3. The maximum atomic E-state index is 13.4. The van der Waals surface area contributed by atoms with E-state index in [0.29, 0.717) is 11.4 Å². The van der Waals surface area contributed by atoms with Crippen LogP contribution in [0.2, 0.25) is 5.02 Å². The lowest BCUT2D eigenvalue weighted by Gasteiger charge is -2.21. The third-order valence-corrected chi connectivity index (χ3v) is 3.88. The zero-order valence-corrected chi connectivity index (χ0v) is 13.1. The summed E-state index contributed by atoms with van der Waals surface area (Å²) in [6.07, 6.45) is 5.33. The van der Waals surface area contributed by atoms with Gasteiger partial charge in [-0.05, 0) is 67.3 Å². The van der Waals surface area contributed by atoms with Gasteiger partial charge in [0, 0.05) is 23.5 Å². The largest absolute Gasteiger partial charge is 0.310 e. The Balaban J connectivity index is 2.28. The van der Waals surface area contributed by atoms with Crippen molar-refractivity contribution in [2.24, 2.45) is 0 Å². The van der Waals surface area contributed by atoms with Gasteiger partial charge in [0.1, 0.15) is 5.82 Å². The molecule has 1 atom stereocenters. The molecule has 1 N–H and O–H groups in total. The highest BCUT2D eigenvalue weighted by Crippen LogP contribution is 2.25. The fourth-order valence-corrected chi connectivity index (χ4v) is 2.60. The Bertz CT molecular complexity index is 601. The van der Waals surface area contributed by atoms with Gasteiger partial charge in [-0.1, -0.05) is 18.5 Å². The number of nitrogens with one attached hydrogen (secondary N) is 1. The van der Waals surface area contributed by atoms with E-state index in [2.05, 4.69) is 17.2 Å². The number of aryl methyl sites for hydroxylation is 1. The molecule has 0 fully saturated rings. The minimum absolute atomic E-state index is 0.104. The maximum absolute atomic E-state index is 13.4. The third kappa shape index (κ3) is 4.26. The molecule has 1 aromatic carbocycles. The highest BCUT2D eigenvalue weighted by Gasteiger charge is 2.15. The van der Waals surface area contributed by atoms with Crippen molar-refractivity contribution in [3.8, 4) is 0 Å². The maximum Gasteiger partial charge on any atom is 0.123 e. The van der Waals surface area contributed by atoms with Crippen molar-refractivity contribution < 1.29 is 4.39 Å². The Morgan fingerprint density at radius 1 is 1.33 bits per heavy atom. The average Bonchev–Trinajstić information content (AvgIpc) is 2.48. The fourth-order valence-electron chi connectivity index (χ4n) is 2.41. The minimum Gasteiger partial charge on any atom is -0.310 e. The molecule has 0 amide bonds. The van der Waals surface area contributed by atoms with Crippen molar-refractivity contribution in [1.82, 2.24) is 10.3 Å². The van der Waals surface area contributed by atoms with Gasteiger partial charge in [-0.3, -0.25) is 4.98 Å². The number of rotatable bonds is 6. The Kier molecular flexibility index (Phi) is 5.71. The van der Waals surface area contributed by atoms with E-state index in [-0.39, 0.29) is 11.9 Å². The summed E-state index contributed by atoms with van der Waals surface area (Å²) in [6.45, 7) is 5.06. The molecule has 1 aromatic heterocycles. The topological polar surface area (TPSA) is 24.9 Å². The molecule has 2 rings (SSSR count). The summed E-state index contributed by atoms with van der Waals surface area (Å²) in [5, 5.41) is 4.12. The highest BCUT2D eigenvalue weighted by molar-refractivity contribution is 6.31. The molecule has 0 radical (unpaired) electrons. The van der Waals surface area contributed by atoms with Crippen LogP contribution < -0.4 is 5.32 Å². The predicted molar refractivity (Wildman–Crippen MR) is 85.1 cm³/mol. The normalized spacial score (nSPS) is 12.4. The lowest BCUT2D eigenvalue weighted by molar-refractivity contribution is 0.524. The van der Waals surface area contributed by atoms with Gasteiger partial charge in [-0.15, -0.1) is 0 Å². The van der Waals surface area contributed by atoms with Gasteiger partial charge >= 0.3 is 0 Å². The van der Waals surface area contributed by atoms with Crippen LogP contribution in [0.1, 0.15) is 36.1 Å². The molecule has 0 bridgehead atoms. The van der Waals surface area contributed by atoms with E-state index in [1.54, 1.807) is 12.3 Å². The highest BCUT2D eigenvalue weighted by atomic mass is 35.5. The van der Waals surface area contributed by atoms with Crippen molar-refractivity contribution in [1.29, 1.82) is 0 Å². The molecule has 0 saturated carbocycles. The van der Waals surface area contributed by atoms with Crippen LogP contribution in [-0.2, 0) is 6.42 Å². The number of benzene rings is 1. The number of hydrogen-bond donors (Lipinski definition) is 1. The molecule has 0 aliphatic rings. The van der Waals surface area contributed by atoms with E-state index in [1.165, 1.54) is 17.7 Å². The van der Waals surface area contributed by atoms with Gasteiger partial charge in [0.2, 0.25) is 0 Å². The smallest absolute Gasteiger partial charge is 0.123 e. The molecular formula is C17H20ClFN2. The molecule has 1 heterocycles. The second-order valence-electron chi connectivity index (χ2n) is 5.18. The van der Waals surface area contributed by atoms with Crippen molar-refractivity contribution in [3.05, 3.63) is 64.2 Å². The van der Waals surface area contributed by atoms with Crippen LogP contribution in [-0.4, -0.2) is 11.5 Å². The number of aromatic nitrogens is 1. The average molecular weight is 307 g/mol. The van der Waals surface area contributed by atoms with Gasteiger partial charge < -0.3 is 5.32 Å². The summed E-state index contributed by atoms with van der Waals surface area (Å²) >= 11 is 6.19. The number of hydrogen-bond acceptors (Lipinski definition) is 2. The summed E-state index contributed by atoms with van der Waals surface area (Å²) in [6, 6.07) is 6.63. The van der Waals surface area contributed by atoms with E-state index < -0.39 is 0 Å². The van der Waals surface area contributed by atoms with Gasteiger partial charge in [0.15, 0.2) is 0 Å². The lowest BCUT2D eigenvalue weighted by atomic mass is 9.96. The van der Waals surface area contributed by atoms with Crippen molar-refractivity contribution in [3.63, 3.8) is 0 Å². The summed E-state index contributed by atoms with van der Waals surface area (Å²) in [4.78, 5) is 4.13. The van der Waals surface area contributed by atoms with E-state index in [0.717, 1.165) is 24.1 Å². The molecule has 112 valence electrons. The summed E-state index contributed by atoms with van der Waals surface area (Å²) < 4.78 is 13.4. The van der Waals surface area contributed by atoms with E-state index in [4.69, 9.17) is 11.6 Å². The molecule has 2 aromatic rings. The molecule has 0 saturated heterocycles. The molecule has 4 heteroatoms. The zero-order valence-electron chi connectivity index (χ0n) is 12.4. The molecular weight excluding hydrogens is 287 g/mol. The fraction of sp³-hybridized carbons (Fsp3) is 0.353. The first-order valence-corrected chi connectivity index (χ1v) is 7.57. The van der Waals surface area contributed by atoms with Crippen LogP contribution in [0.25, 0.3) is 0 Å². The van der Waals surface area contributed by atoms with Crippen molar-refractivity contribution in [2.45, 2.75) is 32.7 Å². The Morgan fingerprint density at radius 2 is 2.14 bits per heavy atom.